The lowest BCUT2D eigenvalue weighted by atomic mass is 10.2. The number of ether oxygens (including phenoxy) is 3. The largest absolute Gasteiger partial charge is 0.586 e. The van der Waals surface area contributed by atoms with E-state index in [4.69, 9.17) is 4.74 Å². The summed E-state index contributed by atoms with van der Waals surface area (Å²) in [6, 6.07) is 3.74. The zero-order valence-electron chi connectivity index (χ0n) is 13.9. The Morgan fingerprint density at radius 1 is 1.12 bits per heavy atom. The molecule has 142 valence electrons. The lowest BCUT2D eigenvalue weighted by molar-refractivity contribution is -0.286. The van der Waals surface area contributed by atoms with E-state index in [9.17, 15) is 18.4 Å². The molecule has 3 rings (SSSR count). The maximum atomic E-state index is 13.0. The number of amides is 2. The first kappa shape index (κ1) is 18.3. The number of nitrogens with zero attached hydrogens (tertiary/aromatic N) is 1. The number of carbonyl (C=O) groups is 2. The van der Waals surface area contributed by atoms with Gasteiger partial charge in [0.1, 0.15) is 0 Å². The molecular weight excluding hydrogens is 352 g/mol. The van der Waals surface area contributed by atoms with Crippen molar-refractivity contribution in [2.45, 2.75) is 12.7 Å². The summed E-state index contributed by atoms with van der Waals surface area (Å²) in [5.41, 5.74) is 0.151. The Hall–Kier alpha value is -2.46. The van der Waals surface area contributed by atoms with Crippen molar-refractivity contribution < 1.29 is 32.6 Å². The van der Waals surface area contributed by atoms with Gasteiger partial charge >= 0.3 is 18.1 Å². The summed E-state index contributed by atoms with van der Waals surface area (Å²) in [5.74, 6) is -2.03. The zero-order valence-corrected chi connectivity index (χ0v) is 13.9. The topological polar surface area (TPSA) is 89.1 Å². The van der Waals surface area contributed by atoms with Crippen LogP contribution in [0.2, 0.25) is 0 Å². The van der Waals surface area contributed by atoms with Crippen LogP contribution < -0.4 is 20.1 Å². The molecule has 26 heavy (non-hydrogen) atoms. The van der Waals surface area contributed by atoms with E-state index in [2.05, 4.69) is 25.0 Å². The first-order chi connectivity index (χ1) is 12.4. The van der Waals surface area contributed by atoms with E-state index in [0.29, 0.717) is 26.2 Å². The van der Waals surface area contributed by atoms with Gasteiger partial charge in [-0.25, -0.2) is 0 Å². The van der Waals surface area contributed by atoms with Crippen LogP contribution in [0.4, 0.5) is 14.5 Å². The molecule has 1 aromatic rings. The Morgan fingerprint density at radius 3 is 2.62 bits per heavy atom. The highest BCUT2D eigenvalue weighted by Crippen LogP contribution is 2.42. The van der Waals surface area contributed by atoms with Crippen molar-refractivity contribution in [1.29, 1.82) is 0 Å². The van der Waals surface area contributed by atoms with Gasteiger partial charge in [-0.2, -0.15) is 0 Å². The number of halogens is 2. The van der Waals surface area contributed by atoms with Crippen LogP contribution >= 0.6 is 0 Å². The van der Waals surface area contributed by atoms with E-state index in [1.54, 1.807) is 0 Å². The highest BCUT2D eigenvalue weighted by atomic mass is 19.3. The van der Waals surface area contributed by atoms with Crippen molar-refractivity contribution in [3.05, 3.63) is 18.2 Å². The molecule has 0 bridgehead atoms. The minimum absolute atomic E-state index is 0.138. The van der Waals surface area contributed by atoms with Crippen LogP contribution in [-0.2, 0) is 14.3 Å². The highest BCUT2D eigenvalue weighted by Gasteiger charge is 2.43. The Bertz CT molecular complexity index is 680. The van der Waals surface area contributed by atoms with E-state index >= 15 is 0 Å². The number of hydrogen-bond acceptors (Lipinski definition) is 6. The summed E-state index contributed by atoms with van der Waals surface area (Å²) >= 11 is 0. The van der Waals surface area contributed by atoms with Gasteiger partial charge < -0.3 is 24.8 Å². The maximum Gasteiger partial charge on any atom is 0.586 e. The molecule has 2 heterocycles. The SMILES string of the molecule is O=C(NCCCN1CCOCC1)C(=O)Nc1ccc2c(c1)OC(F)(F)O2. The molecule has 1 aromatic carbocycles. The van der Waals surface area contributed by atoms with Crippen molar-refractivity contribution >= 4 is 17.5 Å². The molecule has 0 radical (unpaired) electrons. The third kappa shape index (κ3) is 4.79. The molecule has 0 spiro atoms. The first-order valence-corrected chi connectivity index (χ1v) is 8.22. The van der Waals surface area contributed by atoms with Gasteiger partial charge in [0, 0.05) is 31.4 Å². The molecule has 1 fully saturated rings. The van der Waals surface area contributed by atoms with Crippen LogP contribution in [0.3, 0.4) is 0 Å². The molecule has 2 aliphatic rings. The molecule has 0 atom stereocenters. The van der Waals surface area contributed by atoms with Crippen molar-refractivity contribution in [3.8, 4) is 11.5 Å². The molecule has 2 N–H and O–H groups in total. The monoisotopic (exact) mass is 371 g/mol. The van der Waals surface area contributed by atoms with Gasteiger partial charge in [-0.3, -0.25) is 14.5 Å². The quantitative estimate of drug-likeness (QED) is 0.588. The van der Waals surface area contributed by atoms with Gasteiger partial charge in [0.2, 0.25) is 0 Å². The van der Waals surface area contributed by atoms with Crippen LogP contribution in [0, 0.1) is 0 Å². The number of carbonyl (C=O) groups excluding carboxylic acids is 2. The van der Waals surface area contributed by atoms with Gasteiger partial charge in [-0.1, -0.05) is 0 Å². The van der Waals surface area contributed by atoms with Crippen LogP contribution in [0.15, 0.2) is 18.2 Å². The van der Waals surface area contributed by atoms with Crippen molar-refractivity contribution in [2.24, 2.45) is 0 Å². The van der Waals surface area contributed by atoms with Crippen molar-refractivity contribution in [1.82, 2.24) is 10.2 Å². The fraction of sp³-hybridized carbons (Fsp3) is 0.500. The average Bonchev–Trinajstić information content (AvgIpc) is 2.92. The maximum absolute atomic E-state index is 13.0. The number of morpholine rings is 1. The number of benzene rings is 1. The first-order valence-electron chi connectivity index (χ1n) is 8.22. The smallest absolute Gasteiger partial charge is 0.395 e. The predicted octanol–water partition coefficient (Wildman–Crippen LogP) is 0.785. The number of nitrogens with one attached hydrogen (secondary N) is 2. The molecule has 8 nitrogen and oxygen atoms in total. The van der Waals surface area contributed by atoms with E-state index < -0.39 is 18.1 Å². The third-order valence-electron chi connectivity index (χ3n) is 3.91. The summed E-state index contributed by atoms with van der Waals surface area (Å²) in [4.78, 5) is 25.9. The molecule has 0 aromatic heterocycles. The van der Waals surface area contributed by atoms with Crippen LogP contribution in [0.25, 0.3) is 0 Å². The second kappa shape index (κ2) is 7.83. The summed E-state index contributed by atoms with van der Waals surface area (Å²) in [5, 5.41) is 4.85. The second-order valence-corrected chi connectivity index (χ2v) is 5.85. The molecule has 1 saturated heterocycles. The van der Waals surface area contributed by atoms with Crippen molar-refractivity contribution in [3.63, 3.8) is 0 Å². The van der Waals surface area contributed by atoms with Crippen LogP contribution in [-0.4, -0.2) is 62.4 Å². The van der Waals surface area contributed by atoms with E-state index in [1.165, 1.54) is 18.2 Å². The standard InChI is InChI=1S/C16H19F2N3O5/c17-16(18)25-12-3-2-11(10-13(12)26-16)20-15(23)14(22)19-4-1-5-21-6-8-24-9-7-21/h2-3,10H,1,4-9H2,(H,19,22)(H,20,23). The lowest BCUT2D eigenvalue weighted by Gasteiger charge is -2.26. The Morgan fingerprint density at radius 2 is 1.85 bits per heavy atom. The summed E-state index contributed by atoms with van der Waals surface area (Å²) < 4.78 is 39.7. The number of fused-ring (bicyclic) bond motifs is 1. The number of hydrogen-bond donors (Lipinski definition) is 2. The Labute approximate surface area is 148 Å². The second-order valence-electron chi connectivity index (χ2n) is 5.85. The molecule has 0 saturated carbocycles. The van der Waals surface area contributed by atoms with E-state index in [-0.39, 0.29) is 17.2 Å². The fourth-order valence-corrected chi connectivity index (χ4v) is 2.62. The number of alkyl halides is 2. The lowest BCUT2D eigenvalue weighted by Crippen LogP contribution is -2.39. The summed E-state index contributed by atoms with van der Waals surface area (Å²) in [7, 11) is 0. The van der Waals surface area contributed by atoms with Gasteiger partial charge in [-0.15, -0.1) is 8.78 Å². The fourth-order valence-electron chi connectivity index (χ4n) is 2.62. The average molecular weight is 371 g/mol. The van der Waals surface area contributed by atoms with E-state index in [0.717, 1.165) is 19.6 Å². The normalized spacial score (nSPS) is 18.4. The van der Waals surface area contributed by atoms with Gasteiger partial charge in [0.25, 0.3) is 0 Å². The Balaban J connectivity index is 1.41. The van der Waals surface area contributed by atoms with Crippen LogP contribution in [0.1, 0.15) is 6.42 Å². The van der Waals surface area contributed by atoms with Crippen LogP contribution in [0.5, 0.6) is 11.5 Å². The minimum atomic E-state index is -3.73. The van der Waals surface area contributed by atoms with Gasteiger partial charge in [-0.05, 0) is 25.1 Å². The van der Waals surface area contributed by atoms with Crippen molar-refractivity contribution in [2.75, 3.05) is 44.7 Å². The van der Waals surface area contributed by atoms with Gasteiger partial charge in [0.05, 0.1) is 13.2 Å². The molecule has 10 heteroatoms. The third-order valence-corrected chi connectivity index (χ3v) is 3.91. The summed E-state index contributed by atoms with van der Waals surface area (Å²) in [6.07, 6.45) is -3.03. The molecule has 0 aliphatic carbocycles. The molecule has 0 unspecified atom stereocenters. The molecular formula is C16H19F2N3O5. The Kier molecular flexibility index (Phi) is 5.52. The molecule has 2 aliphatic heterocycles. The summed E-state index contributed by atoms with van der Waals surface area (Å²) in [6.45, 7) is 4.29. The van der Waals surface area contributed by atoms with E-state index in [1.807, 2.05) is 0 Å². The molecule has 2 amide bonds. The number of rotatable bonds is 5. The minimum Gasteiger partial charge on any atom is -0.395 e. The predicted molar refractivity (Wildman–Crippen MR) is 86.2 cm³/mol. The highest BCUT2D eigenvalue weighted by molar-refractivity contribution is 6.39. The zero-order chi connectivity index (χ0) is 18.6. The van der Waals surface area contributed by atoms with Gasteiger partial charge in [0.15, 0.2) is 11.5 Å². The number of anilines is 1.